The van der Waals surface area contributed by atoms with E-state index in [2.05, 4.69) is 22.2 Å². The molecule has 1 aromatic carbocycles. The zero-order valence-corrected chi connectivity index (χ0v) is 13.4. The normalized spacial score (nSPS) is 17.0. The number of benzene rings is 1. The number of aliphatic hydroxyl groups excluding tert-OH is 1. The van der Waals surface area contributed by atoms with Crippen molar-refractivity contribution in [3.05, 3.63) is 42.2 Å². The van der Waals surface area contributed by atoms with Crippen molar-refractivity contribution >= 4 is 0 Å². The number of hydrogen-bond acceptors (Lipinski definition) is 5. The Morgan fingerprint density at radius 1 is 1.26 bits per heavy atom. The molecule has 3 rings (SSSR count). The highest BCUT2D eigenvalue weighted by molar-refractivity contribution is 5.55. The molecule has 122 valence electrons. The monoisotopic (exact) mass is 313 g/mol. The average molecular weight is 313 g/mol. The Hall–Kier alpha value is -1.98. The predicted molar refractivity (Wildman–Crippen MR) is 89.1 cm³/mol. The Kier molecular flexibility index (Phi) is 5.20. The average Bonchev–Trinajstić information content (AvgIpc) is 2.63. The Balaban J connectivity index is 1.66. The van der Waals surface area contributed by atoms with Crippen LogP contribution in [0.1, 0.15) is 25.3 Å². The van der Waals surface area contributed by atoms with Crippen LogP contribution in [0.2, 0.25) is 0 Å². The van der Waals surface area contributed by atoms with E-state index in [0.717, 1.165) is 37.1 Å². The fourth-order valence-electron chi connectivity index (χ4n) is 2.96. The van der Waals surface area contributed by atoms with Gasteiger partial charge in [0, 0.05) is 5.56 Å². The first-order valence-electron chi connectivity index (χ1n) is 8.16. The van der Waals surface area contributed by atoms with E-state index in [4.69, 9.17) is 4.74 Å². The summed E-state index contributed by atoms with van der Waals surface area (Å²) in [6.45, 7) is 4.27. The van der Waals surface area contributed by atoms with Gasteiger partial charge in [-0.05, 0) is 50.4 Å². The molecule has 1 aliphatic heterocycles. The van der Waals surface area contributed by atoms with Gasteiger partial charge in [0.2, 0.25) is 0 Å². The molecule has 1 fully saturated rings. The van der Waals surface area contributed by atoms with Crippen LogP contribution >= 0.6 is 0 Å². The summed E-state index contributed by atoms with van der Waals surface area (Å²) in [4.78, 5) is 8.78. The van der Waals surface area contributed by atoms with E-state index in [1.807, 2.05) is 24.3 Å². The molecule has 1 aliphatic rings. The Morgan fingerprint density at radius 3 is 2.70 bits per heavy atom. The van der Waals surface area contributed by atoms with E-state index >= 15 is 0 Å². The molecule has 1 saturated heterocycles. The molecule has 1 aromatic heterocycles. The number of piperidine rings is 1. The van der Waals surface area contributed by atoms with Crippen molar-refractivity contribution < 1.29 is 9.84 Å². The lowest BCUT2D eigenvalue weighted by atomic mass is 9.93. The smallest absolute Gasteiger partial charge is 0.159 e. The minimum absolute atomic E-state index is 0.0167. The molecular formula is C18H23N3O2. The van der Waals surface area contributed by atoms with Crippen LogP contribution in [-0.2, 0) is 6.61 Å². The second-order valence-corrected chi connectivity index (χ2v) is 6.01. The van der Waals surface area contributed by atoms with Crippen LogP contribution in [-0.4, -0.2) is 34.3 Å². The van der Waals surface area contributed by atoms with Crippen LogP contribution in [0.4, 0.5) is 0 Å². The van der Waals surface area contributed by atoms with Gasteiger partial charge in [-0.3, -0.25) is 0 Å². The summed E-state index contributed by atoms with van der Waals surface area (Å²) in [5.74, 6) is 1.93. The van der Waals surface area contributed by atoms with E-state index < -0.39 is 0 Å². The summed E-state index contributed by atoms with van der Waals surface area (Å²) < 4.78 is 6.00. The highest BCUT2D eigenvalue weighted by Gasteiger charge is 2.21. The SMILES string of the molecule is CC(Oc1cnc(-c2cccc(CO)c2)nc1)C1CCNCC1. The molecule has 1 unspecified atom stereocenters. The standard InChI is InChI=1S/C18H23N3O2/c1-13(15-5-7-19-8-6-15)23-17-10-20-18(21-11-17)16-4-2-3-14(9-16)12-22/h2-4,9-11,13,15,19,22H,5-8,12H2,1H3. The minimum Gasteiger partial charge on any atom is -0.487 e. The molecular weight excluding hydrogens is 290 g/mol. The van der Waals surface area contributed by atoms with E-state index in [9.17, 15) is 5.11 Å². The van der Waals surface area contributed by atoms with Gasteiger partial charge in [0.05, 0.1) is 25.1 Å². The molecule has 0 radical (unpaired) electrons. The predicted octanol–water partition coefficient (Wildman–Crippen LogP) is 2.40. The maximum absolute atomic E-state index is 9.21. The van der Waals surface area contributed by atoms with E-state index in [-0.39, 0.29) is 12.7 Å². The van der Waals surface area contributed by atoms with Crippen molar-refractivity contribution in [2.75, 3.05) is 13.1 Å². The minimum atomic E-state index is 0.0167. The number of nitrogens with one attached hydrogen (secondary N) is 1. The molecule has 0 bridgehead atoms. The summed E-state index contributed by atoms with van der Waals surface area (Å²) in [7, 11) is 0. The highest BCUT2D eigenvalue weighted by Crippen LogP contribution is 2.22. The largest absolute Gasteiger partial charge is 0.487 e. The van der Waals surface area contributed by atoms with Gasteiger partial charge in [-0.1, -0.05) is 18.2 Å². The lowest BCUT2D eigenvalue weighted by molar-refractivity contribution is 0.127. The molecule has 5 heteroatoms. The third-order valence-electron chi connectivity index (χ3n) is 4.37. The number of nitrogens with zero attached hydrogens (tertiary/aromatic N) is 2. The first kappa shape index (κ1) is 15.9. The van der Waals surface area contributed by atoms with Crippen LogP contribution < -0.4 is 10.1 Å². The van der Waals surface area contributed by atoms with Crippen molar-refractivity contribution in [2.45, 2.75) is 32.5 Å². The molecule has 0 spiro atoms. The zero-order chi connectivity index (χ0) is 16.1. The van der Waals surface area contributed by atoms with Crippen molar-refractivity contribution in [1.82, 2.24) is 15.3 Å². The van der Waals surface area contributed by atoms with Gasteiger partial charge in [-0.2, -0.15) is 0 Å². The van der Waals surface area contributed by atoms with Gasteiger partial charge >= 0.3 is 0 Å². The van der Waals surface area contributed by atoms with E-state index in [1.165, 1.54) is 0 Å². The quantitative estimate of drug-likeness (QED) is 0.887. The van der Waals surface area contributed by atoms with Crippen LogP contribution in [0, 0.1) is 5.92 Å². The maximum Gasteiger partial charge on any atom is 0.159 e. The zero-order valence-electron chi connectivity index (χ0n) is 13.4. The van der Waals surface area contributed by atoms with Crippen LogP contribution in [0.3, 0.4) is 0 Å². The van der Waals surface area contributed by atoms with Crippen molar-refractivity contribution in [1.29, 1.82) is 0 Å². The molecule has 23 heavy (non-hydrogen) atoms. The van der Waals surface area contributed by atoms with E-state index in [1.54, 1.807) is 12.4 Å². The van der Waals surface area contributed by atoms with Gasteiger partial charge in [0.1, 0.15) is 0 Å². The third-order valence-corrected chi connectivity index (χ3v) is 4.37. The van der Waals surface area contributed by atoms with Crippen LogP contribution in [0.5, 0.6) is 5.75 Å². The summed E-state index contributed by atoms with van der Waals surface area (Å²) in [5.41, 5.74) is 1.75. The lowest BCUT2D eigenvalue weighted by Gasteiger charge is -2.28. The van der Waals surface area contributed by atoms with Gasteiger partial charge in [-0.25, -0.2) is 9.97 Å². The number of ether oxygens (including phenoxy) is 1. The van der Waals surface area contributed by atoms with Gasteiger partial charge in [0.15, 0.2) is 11.6 Å². The Morgan fingerprint density at radius 2 is 2.00 bits per heavy atom. The first-order valence-corrected chi connectivity index (χ1v) is 8.16. The molecule has 5 nitrogen and oxygen atoms in total. The van der Waals surface area contributed by atoms with Crippen molar-refractivity contribution in [2.24, 2.45) is 5.92 Å². The number of aliphatic hydroxyl groups is 1. The van der Waals surface area contributed by atoms with E-state index in [0.29, 0.717) is 17.5 Å². The Labute approximate surface area is 136 Å². The fourth-order valence-corrected chi connectivity index (χ4v) is 2.96. The van der Waals surface area contributed by atoms with Gasteiger partial charge in [-0.15, -0.1) is 0 Å². The third kappa shape index (κ3) is 4.06. The summed E-state index contributed by atoms with van der Waals surface area (Å²) in [6, 6.07) is 7.61. The van der Waals surface area contributed by atoms with Gasteiger partial charge in [0.25, 0.3) is 0 Å². The molecule has 2 N–H and O–H groups in total. The highest BCUT2D eigenvalue weighted by atomic mass is 16.5. The molecule has 2 heterocycles. The molecule has 1 atom stereocenters. The second kappa shape index (κ2) is 7.53. The number of hydrogen-bond donors (Lipinski definition) is 2. The van der Waals surface area contributed by atoms with Gasteiger partial charge < -0.3 is 15.2 Å². The first-order chi connectivity index (χ1) is 11.3. The molecule has 0 aliphatic carbocycles. The van der Waals surface area contributed by atoms with Crippen LogP contribution in [0.25, 0.3) is 11.4 Å². The summed E-state index contributed by atoms with van der Waals surface area (Å²) in [5, 5.41) is 12.6. The molecule has 0 saturated carbocycles. The second-order valence-electron chi connectivity index (χ2n) is 6.01. The molecule has 2 aromatic rings. The summed E-state index contributed by atoms with van der Waals surface area (Å²) in [6.07, 6.45) is 5.92. The Bertz CT molecular complexity index is 624. The summed E-state index contributed by atoms with van der Waals surface area (Å²) >= 11 is 0. The van der Waals surface area contributed by atoms with Crippen molar-refractivity contribution in [3.63, 3.8) is 0 Å². The topological polar surface area (TPSA) is 67.3 Å². The number of rotatable bonds is 5. The lowest BCUT2D eigenvalue weighted by Crippen LogP contribution is -2.35. The maximum atomic E-state index is 9.21. The number of aromatic nitrogens is 2. The molecule has 0 amide bonds. The van der Waals surface area contributed by atoms with Crippen LogP contribution in [0.15, 0.2) is 36.7 Å². The fraction of sp³-hybridized carbons (Fsp3) is 0.444. The van der Waals surface area contributed by atoms with Crippen molar-refractivity contribution in [3.8, 4) is 17.1 Å².